The van der Waals surface area contributed by atoms with Crippen molar-refractivity contribution in [1.82, 2.24) is 9.97 Å². The Bertz CT molecular complexity index is 358. The second kappa shape index (κ2) is 7.03. The molecular weight excluding hydrogens is 220 g/mol. The fourth-order valence-electron chi connectivity index (χ4n) is 1.31. The lowest BCUT2D eigenvalue weighted by atomic mass is 10.3. The Balaban J connectivity index is 2.36. The smallest absolute Gasteiger partial charge is 0.134 e. The average Bonchev–Trinajstić information content (AvgIpc) is 2.29. The van der Waals surface area contributed by atoms with Crippen LogP contribution in [0.5, 0.6) is 0 Å². The Morgan fingerprint density at radius 3 is 2.65 bits per heavy atom. The van der Waals surface area contributed by atoms with E-state index in [0.717, 1.165) is 11.4 Å². The van der Waals surface area contributed by atoms with E-state index in [2.05, 4.69) is 15.3 Å². The lowest BCUT2D eigenvalue weighted by Crippen LogP contribution is -2.14. The number of nitrogens with two attached hydrogens (primary N) is 1. The van der Waals surface area contributed by atoms with Crippen molar-refractivity contribution in [2.45, 2.75) is 13.8 Å². The van der Waals surface area contributed by atoms with E-state index in [0.29, 0.717) is 38.0 Å². The second-order valence-corrected chi connectivity index (χ2v) is 3.66. The van der Waals surface area contributed by atoms with Crippen LogP contribution in [-0.2, 0) is 9.47 Å². The van der Waals surface area contributed by atoms with E-state index >= 15 is 0 Å². The maximum absolute atomic E-state index is 5.75. The highest BCUT2D eigenvalue weighted by Crippen LogP contribution is 2.16. The molecule has 1 heterocycles. The first kappa shape index (κ1) is 13.7. The molecule has 1 aromatic rings. The monoisotopic (exact) mass is 240 g/mol. The molecule has 0 amide bonds. The van der Waals surface area contributed by atoms with E-state index in [4.69, 9.17) is 15.2 Å². The Morgan fingerprint density at radius 1 is 1.18 bits per heavy atom. The molecule has 0 aliphatic carbocycles. The van der Waals surface area contributed by atoms with Gasteiger partial charge in [-0.25, -0.2) is 9.97 Å². The van der Waals surface area contributed by atoms with Crippen molar-refractivity contribution in [3.8, 4) is 0 Å². The molecule has 1 aromatic heterocycles. The Kier molecular flexibility index (Phi) is 5.65. The minimum Gasteiger partial charge on any atom is -0.383 e. The molecule has 0 fully saturated rings. The number of aryl methyl sites for hydroxylation is 1. The standard InChI is InChI=1S/C11H20N4O2/c1-8-10(12)14-9(2)15-11(8)13-4-5-17-7-6-16-3/h4-7H2,1-3H3,(H3,12,13,14,15). The van der Waals surface area contributed by atoms with Crippen LogP contribution in [0.25, 0.3) is 0 Å². The van der Waals surface area contributed by atoms with E-state index in [9.17, 15) is 0 Å². The van der Waals surface area contributed by atoms with Gasteiger partial charge in [0.05, 0.1) is 19.8 Å². The summed E-state index contributed by atoms with van der Waals surface area (Å²) < 4.78 is 10.2. The largest absolute Gasteiger partial charge is 0.383 e. The number of methoxy groups -OCH3 is 1. The molecule has 1 rings (SSSR count). The second-order valence-electron chi connectivity index (χ2n) is 3.66. The topological polar surface area (TPSA) is 82.3 Å². The van der Waals surface area contributed by atoms with Gasteiger partial charge in [0.25, 0.3) is 0 Å². The maximum atomic E-state index is 5.75. The van der Waals surface area contributed by atoms with Crippen LogP contribution in [-0.4, -0.2) is 43.4 Å². The molecule has 0 radical (unpaired) electrons. The third-order valence-corrected chi connectivity index (χ3v) is 2.27. The first-order valence-corrected chi connectivity index (χ1v) is 5.56. The highest BCUT2D eigenvalue weighted by atomic mass is 16.5. The molecule has 0 bridgehead atoms. The summed E-state index contributed by atoms with van der Waals surface area (Å²) in [6.45, 7) is 6.20. The van der Waals surface area contributed by atoms with Gasteiger partial charge in [-0.05, 0) is 13.8 Å². The van der Waals surface area contributed by atoms with Gasteiger partial charge in [0.2, 0.25) is 0 Å². The lowest BCUT2D eigenvalue weighted by Gasteiger charge is -2.10. The van der Waals surface area contributed by atoms with Crippen LogP contribution < -0.4 is 11.1 Å². The van der Waals surface area contributed by atoms with Crippen molar-refractivity contribution in [3.05, 3.63) is 11.4 Å². The summed E-state index contributed by atoms with van der Waals surface area (Å²) in [6, 6.07) is 0. The summed E-state index contributed by atoms with van der Waals surface area (Å²) >= 11 is 0. The molecule has 0 atom stereocenters. The van der Waals surface area contributed by atoms with Crippen molar-refractivity contribution >= 4 is 11.6 Å². The first-order chi connectivity index (χ1) is 8.15. The Labute approximate surface area is 102 Å². The van der Waals surface area contributed by atoms with Crippen LogP contribution in [0, 0.1) is 13.8 Å². The molecule has 17 heavy (non-hydrogen) atoms. The number of rotatable bonds is 7. The summed E-state index contributed by atoms with van der Waals surface area (Å²) in [5.41, 5.74) is 6.62. The summed E-state index contributed by atoms with van der Waals surface area (Å²) in [6.07, 6.45) is 0. The fourth-order valence-corrected chi connectivity index (χ4v) is 1.31. The lowest BCUT2D eigenvalue weighted by molar-refractivity contribution is 0.0759. The van der Waals surface area contributed by atoms with Crippen LogP contribution in [0.4, 0.5) is 11.6 Å². The molecule has 0 saturated heterocycles. The Hall–Kier alpha value is -1.40. The molecule has 3 N–H and O–H groups in total. The number of ether oxygens (including phenoxy) is 2. The number of hydrogen-bond donors (Lipinski definition) is 2. The fraction of sp³-hybridized carbons (Fsp3) is 0.636. The van der Waals surface area contributed by atoms with Crippen LogP contribution in [0.2, 0.25) is 0 Å². The summed E-state index contributed by atoms with van der Waals surface area (Å²) in [4.78, 5) is 8.37. The van der Waals surface area contributed by atoms with Gasteiger partial charge in [-0.1, -0.05) is 0 Å². The molecule has 0 spiro atoms. The molecule has 96 valence electrons. The average molecular weight is 240 g/mol. The number of anilines is 2. The number of hydrogen-bond acceptors (Lipinski definition) is 6. The molecular formula is C11H20N4O2. The van der Waals surface area contributed by atoms with Gasteiger partial charge < -0.3 is 20.5 Å². The molecule has 0 saturated carbocycles. The third-order valence-electron chi connectivity index (χ3n) is 2.27. The van der Waals surface area contributed by atoms with Gasteiger partial charge >= 0.3 is 0 Å². The van der Waals surface area contributed by atoms with Crippen LogP contribution >= 0.6 is 0 Å². The third kappa shape index (κ3) is 4.54. The number of aromatic nitrogens is 2. The van der Waals surface area contributed by atoms with E-state index < -0.39 is 0 Å². The highest BCUT2D eigenvalue weighted by Gasteiger charge is 2.05. The van der Waals surface area contributed by atoms with Gasteiger partial charge in [-0.2, -0.15) is 0 Å². The summed E-state index contributed by atoms with van der Waals surface area (Å²) in [5.74, 6) is 1.95. The van der Waals surface area contributed by atoms with Gasteiger partial charge in [0, 0.05) is 19.2 Å². The number of nitrogens with zero attached hydrogens (tertiary/aromatic N) is 2. The van der Waals surface area contributed by atoms with Gasteiger partial charge in [0.1, 0.15) is 17.5 Å². The zero-order valence-electron chi connectivity index (χ0n) is 10.6. The van der Waals surface area contributed by atoms with Crippen molar-refractivity contribution < 1.29 is 9.47 Å². The first-order valence-electron chi connectivity index (χ1n) is 5.56. The number of nitrogens with one attached hydrogen (secondary N) is 1. The van der Waals surface area contributed by atoms with Gasteiger partial charge in [-0.15, -0.1) is 0 Å². The number of nitrogen functional groups attached to an aromatic ring is 1. The minimum absolute atomic E-state index is 0.514. The normalized spacial score (nSPS) is 10.5. The Morgan fingerprint density at radius 2 is 1.94 bits per heavy atom. The van der Waals surface area contributed by atoms with Crippen LogP contribution in [0.1, 0.15) is 11.4 Å². The van der Waals surface area contributed by atoms with Gasteiger partial charge in [-0.3, -0.25) is 0 Å². The SMILES string of the molecule is COCCOCCNc1nc(C)nc(N)c1C. The van der Waals surface area contributed by atoms with Crippen molar-refractivity contribution in [2.24, 2.45) is 0 Å². The minimum atomic E-state index is 0.514. The van der Waals surface area contributed by atoms with E-state index in [1.165, 1.54) is 0 Å². The molecule has 0 aliphatic heterocycles. The maximum Gasteiger partial charge on any atom is 0.134 e. The van der Waals surface area contributed by atoms with Crippen molar-refractivity contribution in [1.29, 1.82) is 0 Å². The molecule has 0 aliphatic rings. The van der Waals surface area contributed by atoms with E-state index in [1.807, 2.05) is 13.8 Å². The zero-order chi connectivity index (χ0) is 12.7. The summed E-state index contributed by atoms with van der Waals surface area (Å²) in [7, 11) is 1.65. The van der Waals surface area contributed by atoms with Crippen LogP contribution in [0.15, 0.2) is 0 Å². The quantitative estimate of drug-likeness (QED) is 0.684. The van der Waals surface area contributed by atoms with Crippen molar-refractivity contribution in [2.75, 3.05) is 44.5 Å². The molecule has 6 nitrogen and oxygen atoms in total. The predicted octanol–water partition coefficient (Wildman–Crippen LogP) is 0.751. The molecule has 0 aromatic carbocycles. The summed E-state index contributed by atoms with van der Waals surface area (Å²) in [5, 5.41) is 3.17. The zero-order valence-corrected chi connectivity index (χ0v) is 10.6. The van der Waals surface area contributed by atoms with E-state index in [1.54, 1.807) is 7.11 Å². The predicted molar refractivity (Wildman–Crippen MR) is 67.1 cm³/mol. The molecule has 0 unspecified atom stereocenters. The molecule has 6 heteroatoms. The van der Waals surface area contributed by atoms with Crippen molar-refractivity contribution in [3.63, 3.8) is 0 Å². The van der Waals surface area contributed by atoms with E-state index in [-0.39, 0.29) is 0 Å². The van der Waals surface area contributed by atoms with Gasteiger partial charge in [0.15, 0.2) is 0 Å². The van der Waals surface area contributed by atoms with Crippen LogP contribution in [0.3, 0.4) is 0 Å². The highest BCUT2D eigenvalue weighted by molar-refractivity contribution is 5.54.